The summed E-state index contributed by atoms with van der Waals surface area (Å²) in [7, 11) is 1.81. The fourth-order valence-electron chi connectivity index (χ4n) is 2.07. The number of amidine groups is 1. The Labute approximate surface area is 91.7 Å². The van der Waals surface area contributed by atoms with Crippen molar-refractivity contribution in [3.63, 3.8) is 0 Å². The van der Waals surface area contributed by atoms with E-state index < -0.39 is 0 Å². The van der Waals surface area contributed by atoms with E-state index in [4.69, 9.17) is 0 Å². The molecule has 86 valence electrons. The fraction of sp³-hybridized carbons (Fsp3) is 0.818. The van der Waals surface area contributed by atoms with E-state index >= 15 is 0 Å². The van der Waals surface area contributed by atoms with Crippen molar-refractivity contribution in [2.24, 2.45) is 10.9 Å². The SMILES string of the molecule is CCNC(=NC)C1CCCN(C(C)=O)C1. The molecule has 0 spiro atoms. The summed E-state index contributed by atoms with van der Waals surface area (Å²) in [5.74, 6) is 1.61. The van der Waals surface area contributed by atoms with Crippen molar-refractivity contribution in [2.45, 2.75) is 26.7 Å². The van der Waals surface area contributed by atoms with Crippen LogP contribution in [0.15, 0.2) is 4.99 Å². The number of hydrogen-bond acceptors (Lipinski definition) is 2. The molecule has 1 aliphatic rings. The summed E-state index contributed by atoms with van der Waals surface area (Å²) < 4.78 is 0. The van der Waals surface area contributed by atoms with Crippen LogP contribution in [0.25, 0.3) is 0 Å². The molecule has 15 heavy (non-hydrogen) atoms. The van der Waals surface area contributed by atoms with Crippen LogP contribution in [0.4, 0.5) is 0 Å². The van der Waals surface area contributed by atoms with Crippen LogP contribution < -0.4 is 5.32 Å². The fourth-order valence-corrected chi connectivity index (χ4v) is 2.07. The Morgan fingerprint density at radius 1 is 1.60 bits per heavy atom. The van der Waals surface area contributed by atoms with Crippen LogP contribution in [0.1, 0.15) is 26.7 Å². The predicted molar refractivity (Wildman–Crippen MR) is 62.0 cm³/mol. The predicted octanol–water partition coefficient (Wildman–Crippen LogP) is 0.883. The topological polar surface area (TPSA) is 44.7 Å². The minimum atomic E-state index is 0.173. The zero-order chi connectivity index (χ0) is 11.3. The molecule has 1 N–H and O–H groups in total. The van der Waals surface area contributed by atoms with Gasteiger partial charge in [-0.3, -0.25) is 9.79 Å². The van der Waals surface area contributed by atoms with E-state index in [2.05, 4.69) is 17.2 Å². The van der Waals surface area contributed by atoms with Crippen molar-refractivity contribution in [1.29, 1.82) is 0 Å². The van der Waals surface area contributed by atoms with E-state index in [1.807, 2.05) is 11.9 Å². The van der Waals surface area contributed by atoms with Crippen molar-refractivity contribution >= 4 is 11.7 Å². The van der Waals surface area contributed by atoms with Gasteiger partial charge < -0.3 is 10.2 Å². The largest absolute Gasteiger partial charge is 0.374 e. The van der Waals surface area contributed by atoms with Gasteiger partial charge in [-0.2, -0.15) is 0 Å². The summed E-state index contributed by atoms with van der Waals surface area (Å²) in [6.45, 7) is 6.31. The first-order chi connectivity index (χ1) is 7.19. The lowest BCUT2D eigenvalue weighted by molar-refractivity contribution is -0.130. The molecule has 0 aliphatic carbocycles. The number of hydrogen-bond donors (Lipinski definition) is 1. The summed E-state index contributed by atoms with van der Waals surface area (Å²) in [6, 6.07) is 0. The standard InChI is InChI=1S/C11H21N3O/c1-4-13-11(12-3)10-6-5-7-14(8-10)9(2)15/h10H,4-8H2,1-3H3,(H,12,13). The number of nitrogens with zero attached hydrogens (tertiary/aromatic N) is 2. The van der Waals surface area contributed by atoms with Gasteiger partial charge in [-0.1, -0.05) is 0 Å². The average Bonchev–Trinajstić information content (AvgIpc) is 2.26. The van der Waals surface area contributed by atoms with E-state index in [0.717, 1.165) is 38.3 Å². The molecule has 1 amide bonds. The van der Waals surface area contributed by atoms with Crippen LogP contribution in [0.3, 0.4) is 0 Å². The molecule has 1 unspecified atom stereocenters. The third kappa shape index (κ3) is 3.22. The molecule has 0 aromatic heterocycles. The Hall–Kier alpha value is -1.06. The Balaban J connectivity index is 2.58. The van der Waals surface area contributed by atoms with Crippen molar-refractivity contribution in [1.82, 2.24) is 10.2 Å². The lowest BCUT2D eigenvalue weighted by Crippen LogP contribution is -2.44. The smallest absolute Gasteiger partial charge is 0.219 e. The number of piperidine rings is 1. The van der Waals surface area contributed by atoms with Gasteiger partial charge in [-0.15, -0.1) is 0 Å². The third-order valence-corrected chi connectivity index (χ3v) is 2.85. The first-order valence-electron chi connectivity index (χ1n) is 5.65. The molecule has 1 atom stereocenters. The van der Waals surface area contributed by atoms with E-state index in [-0.39, 0.29) is 5.91 Å². The molecule has 0 aromatic rings. The van der Waals surface area contributed by atoms with Gasteiger partial charge in [0.05, 0.1) is 0 Å². The quantitative estimate of drug-likeness (QED) is 0.544. The van der Waals surface area contributed by atoms with Gasteiger partial charge in [0.1, 0.15) is 5.84 Å². The molecule has 4 nitrogen and oxygen atoms in total. The van der Waals surface area contributed by atoms with E-state index in [9.17, 15) is 4.79 Å². The molecule has 0 aromatic carbocycles. The molecule has 1 saturated heterocycles. The summed E-state index contributed by atoms with van der Waals surface area (Å²) in [4.78, 5) is 17.5. The Morgan fingerprint density at radius 2 is 2.33 bits per heavy atom. The first kappa shape index (κ1) is 12.0. The van der Waals surface area contributed by atoms with Crippen LogP contribution in [-0.4, -0.2) is 43.3 Å². The van der Waals surface area contributed by atoms with E-state index in [1.54, 1.807) is 6.92 Å². The number of carbonyl (C=O) groups excluding carboxylic acids is 1. The van der Waals surface area contributed by atoms with Crippen molar-refractivity contribution < 1.29 is 4.79 Å². The van der Waals surface area contributed by atoms with Gasteiger partial charge in [0.25, 0.3) is 0 Å². The molecular weight excluding hydrogens is 190 g/mol. The van der Waals surface area contributed by atoms with Crippen LogP contribution in [-0.2, 0) is 4.79 Å². The minimum Gasteiger partial charge on any atom is -0.374 e. The summed E-state index contributed by atoms with van der Waals surface area (Å²) >= 11 is 0. The maximum absolute atomic E-state index is 11.3. The highest BCUT2D eigenvalue weighted by Gasteiger charge is 2.24. The lowest BCUT2D eigenvalue weighted by atomic mass is 9.96. The zero-order valence-corrected chi connectivity index (χ0v) is 9.92. The minimum absolute atomic E-state index is 0.173. The van der Waals surface area contributed by atoms with Crippen LogP contribution in [0.2, 0.25) is 0 Å². The molecule has 1 heterocycles. The number of nitrogens with one attached hydrogen (secondary N) is 1. The summed E-state index contributed by atoms with van der Waals surface area (Å²) in [5, 5.41) is 3.27. The number of rotatable bonds is 2. The number of likely N-dealkylation sites (tertiary alicyclic amines) is 1. The maximum atomic E-state index is 11.3. The second-order valence-corrected chi connectivity index (χ2v) is 3.94. The van der Waals surface area contributed by atoms with Crippen molar-refractivity contribution in [2.75, 3.05) is 26.7 Å². The molecular formula is C11H21N3O. The van der Waals surface area contributed by atoms with Gasteiger partial charge in [0.2, 0.25) is 5.91 Å². The van der Waals surface area contributed by atoms with Crippen LogP contribution in [0, 0.1) is 5.92 Å². The average molecular weight is 211 g/mol. The number of amides is 1. The van der Waals surface area contributed by atoms with Gasteiger partial charge >= 0.3 is 0 Å². The highest BCUT2D eigenvalue weighted by atomic mass is 16.2. The Bertz CT molecular complexity index is 250. The Kier molecular flexibility index (Phi) is 4.59. The maximum Gasteiger partial charge on any atom is 0.219 e. The van der Waals surface area contributed by atoms with Crippen LogP contribution in [0.5, 0.6) is 0 Å². The van der Waals surface area contributed by atoms with Crippen LogP contribution >= 0.6 is 0 Å². The lowest BCUT2D eigenvalue weighted by Gasteiger charge is -2.32. The molecule has 0 bridgehead atoms. The second-order valence-electron chi connectivity index (χ2n) is 3.94. The Morgan fingerprint density at radius 3 is 2.87 bits per heavy atom. The molecule has 0 radical (unpaired) electrons. The first-order valence-corrected chi connectivity index (χ1v) is 5.65. The highest BCUT2D eigenvalue weighted by Crippen LogP contribution is 2.17. The van der Waals surface area contributed by atoms with Crippen molar-refractivity contribution in [3.05, 3.63) is 0 Å². The molecule has 4 heteroatoms. The zero-order valence-electron chi connectivity index (χ0n) is 9.92. The van der Waals surface area contributed by atoms with E-state index in [0.29, 0.717) is 5.92 Å². The summed E-state index contributed by atoms with van der Waals surface area (Å²) in [6.07, 6.45) is 2.21. The normalized spacial score (nSPS) is 22.7. The molecule has 1 rings (SSSR count). The summed E-state index contributed by atoms with van der Waals surface area (Å²) in [5.41, 5.74) is 0. The van der Waals surface area contributed by atoms with E-state index in [1.165, 1.54) is 0 Å². The monoisotopic (exact) mass is 211 g/mol. The number of carbonyl (C=O) groups is 1. The van der Waals surface area contributed by atoms with Gasteiger partial charge in [0, 0.05) is 39.5 Å². The van der Waals surface area contributed by atoms with Gasteiger partial charge in [0.15, 0.2) is 0 Å². The van der Waals surface area contributed by atoms with Gasteiger partial charge in [-0.25, -0.2) is 0 Å². The third-order valence-electron chi connectivity index (χ3n) is 2.85. The van der Waals surface area contributed by atoms with Gasteiger partial charge in [-0.05, 0) is 19.8 Å². The second kappa shape index (κ2) is 5.73. The number of aliphatic imine (C=N–C) groups is 1. The van der Waals surface area contributed by atoms with Crippen molar-refractivity contribution in [3.8, 4) is 0 Å². The molecule has 1 fully saturated rings. The molecule has 0 saturated carbocycles. The molecule has 1 aliphatic heterocycles. The highest BCUT2D eigenvalue weighted by molar-refractivity contribution is 5.85.